The number of likely N-dealkylation sites (tertiary alicyclic amines) is 1. The molecule has 0 bridgehead atoms. The molecule has 28 heavy (non-hydrogen) atoms. The number of anilines is 2. The Balaban J connectivity index is 1.53. The van der Waals surface area contributed by atoms with E-state index in [0.29, 0.717) is 44.5 Å². The van der Waals surface area contributed by atoms with Gasteiger partial charge < -0.3 is 19.9 Å². The third kappa shape index (κ3) is 3.92. The first-order valence-corrected chi connectivity index (χ1v) is 10.0. The van der Waals surface area contributed by atoms with Crippen LogP contribution in [0.2, 0.25) is 0 Å². The van der Waals surface area contributed by atoms with Gasteiger partial charge in [0.2, 0.25) is 0 Å². The highest BCUT2D eigenvalue weighted by molar-refractivity contribution is 5.91. The topological polar surface area (TPSA) is 44.8 Å². The van der Waals surface area contributed by atoms with E-state index in [1.54, 1.807) is 11.0 Å². The lowest BCUT2D eigenvalue weighted by Crippen LogP contribution is -2.44. The minimum atomic E-state index is -4.54. The van der Waals surface area contributed by atoms with Crippen LogP contribution in [0.3, 0.4) is 0 Å². The van der Waals surface area contributed by atoms with Crippen LogP contribution in [-0.2, 0) is 10.9 Å². The summed E-state index contributed by atoms with van der Waals surface area (Å²) in [6, 6.07) is 3.90. The summed E-state index contributed by atoms with van der Waals surface area (Å²) in [6.07, 6.45) is 0.713. The fourth-order valence-corrected chi connectivity index (χ4v) is 4.44. The number of alkyl halides is 3. The molecule has 1 atom stereocenters. The molecule has 4 rings (SSSR count). The van der Waals surface area contributed by atoms with Gasteiger partial charge in [0.25, 0.3) is 0 Å². The molecule has 3 fully saturated rings. The zero-order valence-electron chi connectivity index (χ0n) is 15.8. The first-order chi connectivity index (χ1) is 13.4. The standard InChI is InChI=1S/C20H26F3N3O2/c21-20(22,23)16-13-15(25-9-11-28-12-10-25)6-7-17(16)24-19(27)26-8-2-5-18(26)14-3-1-4-14/h6-7,13-14,18H,1-5,8-12H2,(H,24,27). The molecular weight excluding hydrogens is 371 g/mol. The average molecular weight is 397 g/mol. The van der Waals surface area contributed by atoms with Crippen LogP contribution in [0.1, 0.15) is 37.7 Å². The van der Waals surface area contributed by atoms with Gasteiger partial charge in [-0.15, -0.1) is 0 Å². The summed E-state index contributed by atoms with van der Waals surface area (Å²) in [7, 11) is 0. The molecule has 1 unspecified atom stereocenters. The minimum absolute atomic E-state index is 0.163. The number of ether oxygens (including phenoxy) is 1. The second kappa shape index (κ2) is 7.81. The summed E-state index contributed by atoms with van der Waals surface area (Å²) in [6.45, 7) is 2.72. The first-order valence-electron chi connectivity index (χ1n) is 10.0. The molecule has 0 radical (unpaired) electrons. The SMILES string of the molecule is O=C(Nc1ccc(N2CCOCC2)cc1C(F)(F)F)N1CCCC1C1CCC1. The molecule has 2 heterocycles. The summed E-state index contributed by atoms with van der Waals surface area (Å²) in [4.78, 5) is 16.4. The van der Waals surface area contributed by atoms with Crippen molar-refractivity contribution in [2.24, 2.45) is 5.92 Å². The molecule has 2 amide bonds. The number of carbonyl (C=O) groups is 1. The molecule has 1 saturated carbocycles. The smallest absolute Gasteiger partial charge is 0.378 e. The molecule has 2 aliphatic heterocycles. The van der Waals surface area contributed by atoms with Crippen LogP contribution >= 0.6 is 0 Å². The van der Waals surface area contributed by atoms with E-state index < -0.39 is 17.8 Å². The second-order valence-electron chi connectivity index (χ2n) is 7.85. The Hall–Kier alpha value is -1.96. The van der Waals surface area contributed by atoms with Crippen LogP contribution in [-0.4, -0.2) is 49.8 Å². The number of halogens is 3. The largest absolute Gasteiger partial charge is 0.418 e. The van der Waals surface area contributed by atoms with Crippen molar-refractivity contribution in [2.75, 3.05) is 43.1 Å². The zero-order valence-corrected chi connectivity index (χ0v) is 15.8. The van der Waals surface area contributed by atoms with E-state index in [4.69, 9.17) is 4.74 Å². The van der Waals surface area contributed by atoms with Crippen LogP contribution in [0.15, 0.2) is 18.2 Å². The van der Waals surface area contributed by atoms with Crippen molar-refractivity contribution in [3.63, 3.8) is 0 Å². The van der Waals surface area contributed by atoms with Crippen molar-refractivity contribution in [1.29, 1.82) is 0 Å². The number of benzene rings is 1. The maximum absolute atomic E-state index is 13.7. The van der Waals surface area contributed by atoms with E-state index in [1.807, 2.05) is 4.90 Å². The van der Waals surface area contributed by atoms with Crippen LogP contribution in [0.4, 0.5) is 29.3 Å². The van der Waals surface area contributed by atoms with Crippen molar-refractivity contribution >= 4 is 17.4 Å². The Bertz CT molecular complexity index is 715. The molecule has 1 N–H and O–H groups in total. The van der Waals surface area contributed by atoms with Gasteiger partial charge in [-0.05, 0) is 49.8 Å². The van der Waals surface area contributed by atoms with Crippen molar-refractivity contribution in [2.45, 2.75) is 44.3 Å². The number of hydrogen-bond donors (Lipinski definition) is 1. The number of nitrogens with one attached hydrogen (secondary N) is 1. The summed E-state index contributed by atoms with van der Waals surface area (Å²) >= 11 is 0. The number of rotatable bonds is 3. The lowest BCUT2D eigenvalue weighted by Gasteiger charge is -2.37. The molecular formula is C20H26F3N3O2. The van der Waals surface area contributed by atoms with Crippen LogP contribution in [0, 0.1) is 5.92 Å². The van der Waals surface area contributed by atoms with Gasteiger partial charge in [0.15, 0.2) is 0 Å². The van der Waals surface area contributed by atoms with Gasteiger partial charge in [-0.1, -0.05) is 6.42 Å². The average Bonchev–Trinajstić information content (AvgIpc) is 3.09. The second-order valence-corrected chi connectivity index (χ2v) is 7.85. The van der Waals surface area contributed by atoms with E-state index in [2.05, 4.69) is 5.32 Å². The molecule has 8 heteroatoms. The van der Waals surface area contributed by atoms with Gasteiger partial charge in [0.05, 0.1) is 24.5 Å². The Morgan fingerprint density at radius 3 is 2.46 bits per heavy atom. The van der Waals surface area contributed by atoms with Crippen molar-refractivity contribution in [3.05, 3.63) is 23.8 Å². The van der Waals surface area contributed by atoms with Crippen molar-refractivity contribution in [1.82, 2.24) is 4.90 Å². The Labute approximate surface area is 162 Å². The fourth-order valence-electron chi connectivity index (χ4n) is 4.44. The highest BCUT2D eigenvalue weighted by Crippen LogP contribution is 2.39. The molecule has 1 aromatic rings. The van der Waals surface area contributed by atoms with Gasteiger partial charge in [-0.3, -0.25) is 0 Å². The predicted octanol–water partition coefficient (Wildman–Crippen LogP) is 4.34. The number of nitrogens with zero attached hydrogens (tertiary/aromatic N) is 2. The molecule has 1 aliphatic carbocycles. The molecule has 0 aromatic heterocycles. The summed E-state index contributed by atoms with van der Waals surface area (Å²) in [5.74, 6) is 0.499. The Morgan fingerprint density at radius 1 is 1.07 bits per heavy atom. The third-order valence-electron chi connectivity index (χ3n) is 6.18. The lowest BCUT2D eigenvalue weighted by atomic mass is 9.79. The van der Waals surface area contributed by atoms with E-state index in [0.717, 1.165) is 31.7 Å². The Kier molecular flexibility index (Phi) is 5.40. The molecule has 1 aromatic carbocycles. The van der Waals surface area contributed by atoms with Gasteiger partial charge in [-0.25, -0.2) is 4.79 Å². The highest BCUT2D eigenvalue weighted by atomic mass is 19.4. The zero-order chi connectivity index (χ0) is 19.7. The highest BCUT2D eigenvalue weighted by Gasteiger charge is 2.39. The fraction of sp³-hybridized carbons (Fsp3) is 0.650. The number of amides is 2. The third-order valence-corrected chi connectivity index (χ3v) is 6.18. The number of urea groups is 1. The van der Waals surface area contributed by atoms with Crippen LogP contribution in [0.25, 0.3) is 0 Å². The minimum Gasteiger partial charge on any atom is -0.378 e. The van der Waals surface area contributed by atoms with Gasteiger partial charge in [0.1, 0.15) is 0 Å². The van der Waals surface area contributed by atoms with Crippen molar-refractivity contribution in [3.8, 4) is 0 Å². The van der Waals surface area contributed by atoms with Crippen molar-refractivity contribution < 1.29 is 22.7 Å². The molecule has 5 nitrogen and oxygen atoms in total. The molecule has 2 saturated heterocycles. The number of carbonyl (C=O) groups excluding carboxylic acids is 1. The lowest BCUT2D eigenvalue weighted by molar-refractivity contribution is -0.136. The Morgan fingerprint density at radius 2 is 1.82 bits per heavy atom. The maximum Gasteiger partial charge on any atom is 0.418 e. The summed E-state index contributed by atoms with van der Waals surface area (Å²) in [5.41, 5.74) is -0.472. The number of hydrogen-bond acceptors (Lipinski definition) is 3. The summed E-state index contributed by atoms with van der Waals surface area (Å²) < 4.78 is 46.3. The maximum atomic E-state index is 13.7. The normalized spacial score (nSPS) is 23.6. The summed E-state index contributed by atoms with van der Waals surface area (Å²) in [5, 5.41) is 2.55. The van der Waals surface area contributed by atoms with E-state index in [1.165, 1.54) is 12.5 Å². The molecule has 0 spiro atoms. The van der Waals surface area contributed by atoms with E-state index in [-0.39, 0.29) is 11.7 Å². The molecule has 154 valence electrons. The number of morpholine rings is 1. The van der Waals surface area contributed by atoms with E-state index >= 15 is 0 Å². The van der Waals surface area contributed by atoms with Crippen LogP contribution in [0.5, 0.6) is 0 Å². The van der Waals surface area contributed by atoms with Gasteiger partial charge in [0, 0.05) is 31.4 Å². The van der Waals surface area contributed by atoms with Gasteiger partial charge in [-0.2, -0.15) is 13.2 Å². The quantitative estimate of drug-likeness (QED) is 0.825. The molecule has 3 aliphatic rings. The van der Waals surface area contributed by atoms with Gasteiger partial charge >= 0.3 is 12.2 Å². The predicted molar refractivity (Wildman–Crippen MR) is 101 cm³/mol. The van der Waals surface area contributed by atoms with Crippen LogP contribution < -0.4 is 10.2 Å². The first kappa shape index (κ1) is 19.4. The monoisotopic (exact) mass is 397 g/mol. The van der Waals surface area contributed by atoms with E-state index in [9.17, 15) is 18.0 Å².